The molecular weight excluding hydrogens is 269 g/mol. The molecule has 2 aromatic rings. The Morgan fingerprint density at radius 3 is 2.61 bits per heavy atom. The highest BCUT2D eigenvalue weighted by Gasteiger charge is 2.32. The number of aliphatic hydroxyl groups excluding tert-OH is 1. The van der Waals surface area contributed by atoms with E-state index in [-0.39, 0.29) is 10.6 Å². The maximum absolute atomic E-state index is 12.3. The van der Waals surface area contributed by atoms with E-state index in [1.165, 1.54) is 10.6 Å². The molecule has 0 saturated heterocycles. The molecule has 0 bridgehead atoms. The number of aliphatic hydroxyl groups is 1. The Kier molecular flexibility index (Phi) is 3.18. The molecule has 0 unspecified atom stereocenters. The Balaban J connectivity index is 2.47. The zero-order chi connectivity index (χ0) is 13.3. The number of aromatic amines is 1. The number of pyridine rings is 1. The lowest BCUT2D eigenvalue weighted by Gasteiger charge is -2.08. The van der Waals surface area contributed by atoms with Crippen molar-refractivity contribution in [3.63, 3.8) is 0 Å². The van der Waals surface area contributed by atoms with E-state index in [0.29, 0.717) is 5.69 Å². The van der Waals surface area contributed by atoms with Crippen LogP contribution in [0, 0.1) is 4.77 Å². The number of hydrogen-bond donors (Lipinski definition) is 2. The van der Waals surface area contributed by atoms with Crippen molar-refractivity contribution in [1.82, 2.24) is 19.7 Å². The third-order valence-electron chi connectivity index (χ3n) is 2.18. The first-order valence-electron chi connectivity index (χ1n) is 4.74. The highest BCUT2D eigenvalue weighted by atomic mass is 32.1. The van der Waals surface area contributed by atoms with Crippen molar-refractivity contribution in [3.8, 4) is 5.69 Å². The molecule has 0 radical (unpaired) electrons. The van der Waals surface area contributed by atoms with Crippen molar-refractivity contribution in [2.45, 2.75) is 12.8 Å². The number of aromatic nitrogens is 4. The van der Waals surface area contributed by atoms with Gasteiger partial charge in [0.25, 0.3) is 0 Å². The summed E-state index contributed by atoms with van der Waals surface area (Å²) >= 11 is 4.91. The van der Waals surface area contributed by atoms with Crippen molar-refractivity contribution in [2.75, 3.05) is 0 Å². The Bertz CT molecular complexity index is 602. The normalized spacial score (nSPS) is 11.8. The molecule has 0 spiro atoms. The Morgan fingerprint density at radius 1 is 1.39 bits per heavy atom. The van der Waals surface area contributed by atoms with Crippen LogP contribution in [-0.4, -0.2) is 24.9 Å². The minimum Gasteiger partial charge on any atom is -0.388 e. The van der Waals surface area contributed by atoms with Gasteiger partial charge < -0.3 is 5.11 Å². The summed E-state index contributed by atoms with van der Waals surface area (Å²) in [6, 6.07) is 2.05. The fraction of sp³-hybridized carbons (Fsp3) is 0.222. The number of nitrogens with one attached hydrogen (secondary N) is 1. The van der Waals surface area contributed by atoms with E-state index in [2.05, 4.69) is 15.2 Å². The van der Waals surface area contributed by atoms with Crippen LogP contribution in [0.1, 0.15) is 11.5 Å². The summed E-state index contributed by atoms with van der Waals surface area (Å²) in [6.45, 7) is -0.395. The van der Waals surface area contributed by atoms with Crippen molar-refractivity contribution in [3.05, 3.63) is 34.6 Å². The molecule has 2 rings (SSSR count). The largest absolute Gasteiger partial charge is 0.433 e. The van der Waals surface area contributed by atoms with E-state index in [1.807, 2.05) is 0 Å². The standard InChI is InChI=1S/C9H7F3N4OS/c10-9(11,12)6-2-1-5(3-13-6)16-7(4-17)14-15-8(16)18/h1-3,17H,4H2,(H,15,18). The molecule has 18 heavy (non-hydrogen) atoms. The number of alkyl halides is 3. The summed E-state index contributed by atoms with van der Waals surface area (Å²) < 4.78 is 38.5. The van der Waals surface area contributed by atoms with Crippen LogP contribution in [-0.2, 0) is 12.8 Å². The quantitative estimate of drug-likeness (QED) is 0.821. The zero-order valence-corrected chi connectivity index (χ0v) is 9.59. The van der Waals surface area contributed by atoms with E-state index in [9.17, 15) is 13.2 Å². The third-order valence-corrected chi connectivity index (χ3v) is 2.45. The number of hydrogen-bond acceptors (Lipinski definition) is 4. The van der Waals surface area contributed by atoms with Gasteiger partial charge in [-0.05, 0) is 24.4 Å². The minimum atomic E-state index is -4.49. The van der Waals surface area contributed by atoms with Crippen LogP contribution in [0.15, 0.2) is 18.3 Å². The van der Waals surface area contributed by atoms with Gasteiger partial charge >= 0.3 is 6.18 Å². The molecule has 0 fully saturated rings. The van der Waals surface area contributed by atoms with Gasteiger partial charge in [0.15, 0.2) is 10.6 Å². The van der Waals surface area contributed by atoms with E-state index in [1.54, 1.807) is 0 Å². The summed E-state index contributed by atoms with van der Waals surface area (Å²) in [5.74, 6) is 0.196. The molecule has 5 nitrogen and oxygen atoms in total. The first-order valence-corrected chi connectivity index (χ1v) is 5.15. The Morgan fingerprint density at radius 2 is 2.11 bits per heavy atom. The molecule has 9 heteroatoms. The van der Waals surface area contributed by atoms with E-state index in [0.717, 1.165) is 12.3 Å². The van der Waals surface area contributed by atoms with Crippen LogP contribution >= 0.6 is 12.2 Å². The van der Waals surface area contributed by atoms with Crippen molar-refractivity contribution in [1.29, 1.82) is 0 Å². The molecule has 0 atom stereocenters. The lowest BCUT2D eigenvalue weighted by molar-refractivity contribution is -0.141. The number of rotatable bonds is 2. The molecule has 0 aliphatic heterocycles. The number of H-pyrrole nitrogens is 1. The van der Waals surface area contributed by atoms with E-state index >= 15 is 0 Å². The first kappa shape index (κ1) is 12.7. The molecule has 0 aliphatic rings. The van der Waals surface area contributed by atoms with Crippen molar-refractivity contribution in [2.24, 2.45) is 0 Å². The number of nitrogens with zero attached hydrogens (tertiary/aromatic N) is 3. The Hall–Kier alpha value is -1.74. The van der Waals surface area contributed by atoms with E-state index in [4.69, 9.17) is 17.3 Å². The van der Waals surface area contributed by atoms with Crippen molar-refractivity contribution < 1.29 is 18.3 Å². The molecule has 96 valence electrons. The second kappa shape index (κ2) is 4.50. The maximum atomic E-state index is 12.3. The summed E-state index contributed by atoms with van der Waals surface area (Å²) in [5, 5.41) is 15.2. The second-order valence-electron chi connectivity index (χ2n) is 3.34. The average Bonchev–Trinajstić information content (AvgIpc) is 2.69. The van der Waals surface area contributed by atoms with Gasteiger partial charge in [-0.25, -0.2) is 4.98 Å². The van der Waals surface area contributed by atoms with Gasteiger partial charge in [-0.15, -0.1) is 0 Å². The summed E-state index contributed by atoms with van der Waals surface area (Å²) in [5.41, 5.74) is -0.697. The monoisotopic (exact) mass is 276 g/mol. The lowest BCUT2D eigenvalue weighted by atomic mass is 10.3. The minimum absolute atomic E-state index is 0.167. The van der Waals surface area contributed by atoms with Gasteiger partial charge in [-0.3, -0.25) is 9.67 Å². The van der Waals surface area contributed by atoms with Crippen LogP contribution in [0.4, 0.5) is 13.2 Å². The topological polar surface area (TPSA) is 66.7 Å². The zero-order valence-electron chi connectivity index (χ0n) is 8.77. The fourth-order valence-corrected chi connectivity index (χ4v) is 1.64. The third kappa shape index (κ3) is 2.27. The van der Waals surface area contributed by atoms with E-state index < -0.39 is 18.5 Å². The predicted molar refractivity (Wildman–Crippen MR) is 57.5 cm³/mol. The predicted octanol–water partition coefficient (Wildman–Crippen LogP) is 1.84. The molecule has 0 amide bonds. The maximum Gasteiger partial charge on any atom is 0.433 e. The highest BCUT2D eigenvalue weighted by molar-refractivity contribution is 7.71. The second-order valence-corrected chi connectivity index (χ2v) is 3.72. The molecule has 2 N–H and O–H groups in total. The molecular formula is C9H7F3N4OS. The van der Waals surface area contributed by atoms with Gasteiger partial charge in [0, 0.05) is 0 Å². The van der Waals surface area contributed by atoms with Crippen molar-refractivity contribution >= 4 is 12.2 Å². The van der Waals surface area contributed by atoms with Gasteiger partial charge in [0.2, 0.25) is 0 Å². The van der Waals surface area contributed by atoms with Gasteiger partial charge in [0.1, 0.15) is 12.3 Å². The molecule has 2 heterocycles. The van der Waals surface area contributed by atoms with Gasteiger partial charge in [0.05, 0.1) is 11.9 Å². The van der Waals surface area contributed by atoms with Crippen LogP contribution in [0.5, 0.6) is 0 Å². The molecule has 0 saturated carbocycles. The molecule has 0 aromatic carbocycles. The smallest absolute Gasteiger partial charge is 0.388 e. The Labute approximate surface area is 104 Å². The van der Waals surface area contributed by atoms with Crippen LogP contribution in [0.25, 0.3) is 5.69 Å². The van der Waals surface area contributed by atoms with Crippen LogP contribution < -0.4 is 0 Å². The summed E-state index contributed by atoms with van der Waals surface area (Å²) in [7, 11) is 0. The highest BCUT2D eigenvalue weighted by Crippen LogP contribution is 2.27. The lowest BCUT2D eigenvalue weighted by Crippen LogP contribution is -2.09. The van der Waals surface area contributed by atoms with Crippen LogP contribution in [0.2, 0.25) is 0 Å². The fourth-order valence-electron chi connectivity index (χ4n) is 1.39. The summed E-state index contributed by atoms with van der Waals surface area (Å²) in [4.78, 5) is 3.31. The van der Waals surface area contributed by atoms with Gasteiger partial charge in [-0.1, -0.05) is 0 Å². The van der Waals surface area contributed by atoms with Crippen LogP contribution in [0.3, 0.4) is 0 Å². The molecule has 2 aromatic heterocycles. The average molecular weight is 276 g/mol. The number of halogens is 3. The SMILES string of the molecule is OCc1n[nH]c(=S)n1-c1ccc(C(F)(F)F)nc1. The van der Waals surface area contributed by atoms with Gasteiger partial charge in [-0.2, -0.15) is 18.3 Å². The molecule has 0 aliphatic carbocycles. The summed E-state index contributed by atoms with van der Waals surface area (Å²) in [6.07, 6.45) is -3.47. The first-order chi connectivity index (χ1) is 8.43.